The van der Waals surface area contributed by atoms with Crippen LogP contribution in [0.1, 0.15) is 18.9 Å². The minimum Gasteiger partial charge on any atom is -0.391 e. The molecule has 0 saturated heterocycles. The number of benzene rings is 2. The highest BCUT2D eigenvalue weighted by Gasteiger charge is 2.14. The van der Waals surface area contributed by atoms with Crippen LogP contribution in [0, 0.1) is 0 Å². The SMILES string of the molecule is C[C@@H](Nc1cccc(Cl)c1)[C@H](O)CCc1ccccc1. The molecule has 0 aliphatic rings. The third-order valence-corrected chi connectivity index (χ3v) is 3.60. The molecule has 0 heterocycles. The zero-order valence-corrected chi connectivity index (χ0v) is 12.3. The lowest BCUT2D eigenvalue weighted by Crippen LogP contribution is -2.31. The topological polar surface area (TPSA) is 32.3 Å². The van der Waals surface area contributed by atoms with Crippen LogP contribution in [0.15, 0.2) is 54.6 Å². The van der Waals surface area contributed by atoms with Crippen LogP contribution < -0.4 is 5.32 Å². The van der Waals surface area contributed by atoms with Crippen LogP contribution in [0.2, 0.25) is 5.02 Å². The highest BCUT2D eigenvalue weighted by atomic mass is 35.5. The monoisotopic (exact) mass is 289 g/mol. The second-order valence-electron chi connectivity index (χ2n) is 5.03. The molecule has 0 spiro atoms. The lowest BCUT2D eigenvalue weighted by atomic mass is 10.0. The third kappa shape index (κ3) is 4.55. The van der Waals surface area contributed by atoms with Crippen molar-refractivity contribution >= 4 is 17.3 Å². The molecule has 0 aromatic heterocycles. The molecule has 0 aliphatic heterocycles. The number of halogens is 1. The van der Waals surface area contributed by atoms with Gasteiger partial charge in [0.05, 0.1) is 6.10 Å². The number of nitrogens with one attached hydrogen (secondary N) is 1. The Morgan fingerprint density at radius 3 is 2.55 bits per heavy atom. The minimum absolute atomic E-state index is 0.0165. The Balaban J connectivity index is 1.84. The predicted molar refractivity (Wildman–Crippen MR) is 85.3 cm³/mol. The first kappa shape index (κ1) is 14.9. The fourth-order valence-corrected chi connectivity index (χ4v) is 2.34. The Morgan fingerprint density at radius 2 is 1.85 bits per heavy atom. The van der Waals surface area contributed by atoms with E-state index in [-0.39, 0.29) is 6.04 Å². The molecular formula is C17H20ClNO. The van der Waals surface area contributed by atoms with E-state index in [2.05, 4.69) is 17.4 Å². The van der Waals surface area contributed by atoms with E-state index in [1.165, 1.54) is 5.56 Å². The molecule has 0 amide bonds. The van der Waals surface area contributed by atoms with Crippen LogP contribution in [0.25, 0.3) is 0 Å². The van der Waals surface area contributed by atoms with Gasteiger partial charge in [-0.25, -0.2) is 0 Å². The summed E-state index contributed by atoms with van der Waals surface area (Å²) >= 11 is 5.95. The van der Waals surface area contributed by atoms with E-state index in [0.717, 1.165) is 18.5 Å². The van der Waals surface area contributed by atoms with E-state index >= 15 is 0 Å². The van der Waals surface area contributed by atoms with Crippen molar-refractivity contribution in [3.63, 3.8) is 0 Å². The number of hydrogen-bond donors (Lipinski definition) is 2. The van der Waals surface area contributed by atoms with Crippen molar-refractivity contribution in [3.05, 3.63) is 65.2 Å². The van der Waals surface area contributed by atoms with E-state index in [0.29, 0.717) is 5.02 Å². The van der Waals surface area contributed by atoms with Crippen LogP contribution in [0.3, 0.4) is 0 Å². The van der Waals surface area contributed by atoms with Crippen molar-refractivity contribution < 1.29 is 5.11 Å². The number of anilines is 1. The molecule has 2 aromatic rings. The molecule has 0 saturated carbocycles. The number of rotatable bonds is 6. The fraction of sp³-hybridized carbons (Fsp3) is 0.294. The molecule has 0 unspecified atom stereocenters. The largest absolute Gasteiger partial charge is 0.391 e. The number of hydrogen-bond acceptors (Lipinski definition) is 2. The summed E-state index contributed by atoms with van der Waals surface area (Å²) in [5.74, 6) is 0. The van der Waals surface area contributed by atoms with Gasteiger partial charge in [-0.2, -0.15) is 0 Å². The van der Waals surface area contributed by atoms with Gasteiger partial charge in [-0.15, -0.1) is 0 Å². The van der Waals surface area contributed by atoms with E-state index in [1.54, 1.807) is 0 Å². The second kappa shape index (κ2) is 7.32. The summed E-state index contributed by atoms with van der Waals surface area (Å²) in [5.41, 5.74) is 2.19. The molecule has 106 valence electrons. The maximum absolute atomic E-state index is 10.2. The zero-order valence-electron chi connectivity index (χ0n) is 11.6. The van der Waals surface area contributed by atoms with Crippen LogP contribution in [-0.4, -0.2) is 17.3 Å². The molecule has 2 nitrogen and oxygen atoms in total. The zero-order chi connectivity index (χ0) is 14.4. The number of aryl methyl sites for hydroxylation is 1. The molecule has 0 aliphatic carbocycles. The molecule has 2 atom stereocenters. The van der Waals surface area contributed by atoms with Gasteiger partial charge >= 0.3 is 0 Å². The summed E-state index contributed by atoms with van der Waals surface area (Å²) in [6.45, 7) is 1.98. The average molecular weight is 290 g/mol. The van der Waals surface area contributed by atoms with Crippen LogP contribution in [-0.2, 0) is 6.42 Å². The van der Waals surface area contributed by atoms with Gasteiger partial charge in [0.25, 0.3) is 0 Å². The Morgan fingerprint density at radius 1 is 1.10 bits per heavy atom. The van der Waals surface area contributed by atoms with Crippen molar-refractivity contribution in [2.24, 2.45) is 0 Å². The molecule has 0 bridgehead atoms. The summed E-state index contributed by atoms with van der Waals surface area (Å²) in [6, 6.07) is 17.8. The molecule has 2 aromatic carbocycles. The second-order valence-corrected chi connectivity index (χ2v) is 5.47. The quantitative estimate of drug-likeness (QED) is 0.838. The van der Waals surface area contributed by atoms with E-state index in [1.807, 2.05) is 49.4 Å². The summed E-state index contributed by atoms with van der Waals surface area (Å²) < 4.78 is 0. The summed E-state index contributed by atoms with van der Waals surface area (Å²) in [6.07, 6.45) is 1.22. The molecule has 2 N–H and O–H groups in total. The van der Waals surface area contributed by atoms with Crippen molar-refractivity contribution in [3.8, 4) is 0 Å². The van der Waals surface area contributed by atoms with Gasteiger partial charge < -0.3 is 10.4 Å². The fourth-order valence-electron chi connectivity index (χ4n) is 2.15. The van der Waals surface area contributed by atoms with Gasteiger partial charge in [-0.1, -0.05) is 48.0 Å². The number of aliphatic hydroxyl groups is 1. The van der Waals surface area contributed by atoms with Gasteiger partial charge in [0.15, 0.2) is 0 Å². The minimum atomic E-state index is -0.394. The van der Waals surface area contributed by atoms with Crippen molar-refractivity contribution in [1.82, 2.24) is 0 Å². The molecule has 0 radical (unpaired) electrons. The highest BCUT2D eigenvalue weighted by Crippen LogP contribution is 2.17. The first-order valence-electron chi connectivity index (χ1n) is 6.89. The lowest BCUT2D eigenvalue weighted by Gasteiger charge is -2.21. The summed E-state index contributed by atoms with van der Waals surface area (Å²) in [7, 11) is 0. The maximum Gasteiger partial charge on any atom is 0.0741 e. The van der Waals surface area contributed by atoms with E-state index in [4.69, 9.17) is 11.6 Å². The van der Waals surface area contributed by atoms with E-state index < -0.39 is 6.10 Å². The molecule has 2 rings (SSSR count). The molecular weight excluding hydrogens is 270 g/mol. The first-order chi connectivity index (χ1) is 9.65. The number of aliphatic hydroxyl groups excluding tert-OH is 1. The van der Waals surface area contributed by atoms with Gasteiger partial charge in [-0.3, -0.25) is 0 Å². The van der Waals surface area contributed by atoms with Crippen LogP contribution in [0.5, 0.6) is 0 Å². The summed E-state index contributed by atoms with van der Waals surface area (Å²) in [4.78, 5) is 0. The van der Waals surface area contributed by atoms with Crippen LogP contribution >= 0.6 is 11.6 Å². The third-order valence-electron chi connectivity index (χ3n) is 3.37. The lowest BCUT2D eigenvalue weighted by molar-refractivity contribution is 0.148. The molecule has 3 heteroatoms. The highest BCUT2D eigenvalue weighted by molar-refractivity contribution is 6.30. The van der Waals surface area contributed by atoms with E-state index in [9.17, 15) is 5.11 Å². The Bertz CT molecular complexity index is 530. The van der Waals surface area contributed by atoms with Gasteiger partial charge in [0.2, 0.25) is 0 Å². The standard InChI is InChI=1S/C17H20ClNO/c1-13(19-16-9-5-8-15(18)12-16)17(20)11-10-14-6-3-2-4-7-14/h2-9,12-13,17,19-20H,10-11H2,1H3/t13-,17-/m1/s1. The molecule has 0 fully saturated rings. The van der Waals surface area contributed by atoms with Crippen molar-refractivity contribution in [2.75, 3.05) is 5.32 Å². The normalized spacial score (nSPS) is 13.8. The van der Waals surface area contributed by atoms with Crippen LogP contribution in [0.4, 0.5) is 5.69 Å². The first-order valence-corrected chi connectivity index (χ1v) is 7.27. The average Bonchev–Trinajstić information content (AvgIpc) is 2.46. The summed E-state index contributed by atoms with van der Waals surface area (Å²) in [5, 5.41) is 14.2. The van der Waals surface area contributed by atoms with Crippen molar-refractivity contribution in [1.29, 1.82) is 0 Å². The van der Waals surface area contributed by atoms with Gasteiger partial charge in [0, 0.05) is 16.8 Å². The smallest absolute Gasteiger partial charge is 0.0741 e. The Kier molecular flexibility index (Phi) is 5.45. The van der Waals surface area contributed by atoms with Crippen molar-refractivity contribution in [2.45, 2.75) is 31.9 Å². The predicted octanol–water partition coefficient (Wildman–Crippen LogP) is 4.13. The molecule has 20 heavy (non-hydrogen) atoms. The Labute approximate surface area is 125 Å². The van der Waals surface area contributed by atoms with Gasteiger partial charge in [0.1, 0.15) is 0 Å². The van der Waals surface area contributed by atoms with Gasteiger partial charge in [-0.05, 0) is 43.5 Å². The maximum atomic E-state index is 10.2. The Hall–Kier alpha value is -1.51.